The zero-order chi connectivity index (χ0) is 18.4. The molecule has 0 aliphatic carbocycles. The van der Waals surface area contributed by atoms with E-state index in [1.807, 2.05) is 0 Å². The van der Waals surface area contributed by atoms with E-state index in [0.717, 1.165) is 0 Å². The van der Waals surface area contributed by atoms with Gasteiger partial charge in [-0.1, -0.05) is 11.6 Å². The van der Waals surface area contributed by atoms with Crippen molar-refractivity contribution in [2.24, 2.45) is 0 Å². The Kier molecular flexibility index (Phi) is 6.08. The molecule has 0 radical (unpaired) electrons. The molecule has 0 saturated heterocycles. The van der Waals surface area contributed by atoms with Gasteiger partial charge in [-0.25, -0.2) is 4.79 Å². The zero-order valence-electron chi connectivity index (χ0n) is 13.7. The first kappa shape index (κ1) is 18.4. The van der Waals surface area contributed by atoms with Crippen molar-refractivity contribution >= 4 is 34.9 Å². The van der Waals surface area contributed by atoms with Crippen molar-refractivity contribution in [1.82, 2.24) is 0 Å². The van der Waals surface area contributed by atoms with E-state index in [4.69, 9.17) is 31.5 Å². The van der Waals surface area contributed by atoms with Crippen LogP contribution in [0.5, 0.6) is 11.5 Å². The number of hydrogen-bond donors (Lipinski definition) is 2. The molecule has 0 aliphatic heterocycles. The molecule has 0 aliphatic rings. The number of nitrogens with two attached hydrogens (primary N) is 1. The normalized spacial score (nSPS) is 10.0. The van der Waals surface area contributed by atoms with Gasteiger partial charge in [0.25, 0.3) is 5.91 Å². The van der Waals surface area contributed by atoms with Crippen LogP contribution in [0.4, 0.5) is 11.4 Å². The lowest BCUT2D eigenvalue weighted by Crippen LogP contribution is -2.21. The summed E-state index contributed by atoms with van der Waals surface area (Å²) in [6.07, 6.45) is 0. The van der Waals surface area contributed by atoms with E-state index in [9.17, 15) is 9.59 Å². The van der Waals surface area contributed by atoms with Crippen LogP contribution in [0.1, 0.15) is 10.4 Å². The summed E-state index contributed by atoms with van der Waals surface area (Å²) in [7, 11) is 2.94. The largest absolute Gasteiger partial charge is 0.495 e. The highest BCUT2D eigenvalue weighted by Crippen LogP contribution is 2.27. The Bertz CT molecular complexity index is 795. The van der Waals surface area contributed by atoms with Crippen LogP contribution in [0, 0.1) is 0 Å². The van der Waals surface area contributed by atoms with Gasteiger partial charge in [0.1, 0.15) is 11.5 Å². The van der Waals surface area contributed by atoms with E-state index in [2.05, 4.69) is 5.32 Å². The first-order chi connectivity index (χ1) is 11.9. The number of esters is 1. The number of nitrogen functional groups attached to an aromatic ring is 1. The molecule has 0 heterocycles. The number of nitrogens with one attached hydrogen (secondary N) is 1. The molecule has 7 nitrogen and oxygen atoms in total. The van der Waals surface area contributed by atoms with Crippen molar-refractivity contribution in [2.75, 3.05) is 31.9 Å². The quantitative estimate of drug-likeness (QED) is 0.604. The molecule has 0 bridgehead atoms. The maximum absolute atomic E-state index is 12.0. The van der Waals surface area contributed by atoms with Crippen molar-refractivity contribution in [1.29, 1.82) is 0 Å². The number of hydrogen-bond acceptors (Lipinski definition) is 6. The number of methoxy groups -OCH3 is 2. The second-order valence-corrected chi connectivity index (χ2v) is 5.36. The second kappa shape index (κ2) is 8.25. The number of carbonyl (C=O) groups is 2. The topological polar surface area (TPSA) is 99.9 Å². The summed E-state index contributed by atoms with van der Waals surface area (Å²) in [5, 5.41) is 3.00. The minimum absolute atomic E-state index is 0.214. The molecule has 2 aromatic carbocycles. The molecule has 2 rings (SSSR count). The number of amides is 1. The van der Waals surface area contributed by atoms with Gasteiger partial charge in [0.05, 0.1) is 31.2 Å². The third kappa shape index (κ3) is 4.77. The van der Waals surface area contributed by atoms with Crippen LogP contribution in [-0.4, -0.2) is 32.7 Å². The predicted molar refractivity (Wildman–Crippen MR) is 94.3 cm³/mol. The summed E-state index contributed by atoms with van der Waals surface area (Å²) < 4.78 is 15.1. The molecule has 0 spiro atoms. The standard InChI is InChI=1S/C17H17ClN2O5/c1-23-14-5-3-10(7-12(14)19)17(22)25-9-16(21)20-13-8-11(18)4-6-15(13)24-2/h3-8H,9,19H2,1-2H3,(H,20,21). The lowest BCUT2D eigenvalue weighted by molar-refractivity contribution is -0.119. The highest BCUT2D eigenvalue weighted by atomic mass is 35.5. The predicted octanol–water partition coefficient (Wildman–Crippen LogP) is 2.73. The van der Waals surface area contributed by atoms with Crippen LogP contribution < -0.4 is 20.5 Å². The molecule has 0 saturated carbocycles. The molecular formula is C17H17ClN2O5. The lowest BCUT2D eigenvalue weighted by Gasteiger charge is -2.11. The molecule has 3 N–H and O–H groups in total. The molecule has 0 fully saturated rings. The number of carbonyl (C=O) groups excluding carboxylic acids is 2. The maximum Gasteiger partial charge on any atom is 0.338 e. The fourth-order valence-corrected chi connectivity index (χ4v) is 2.21. The van der Waals surface area contributed by atoms with Gasteiger partial charge in [0, 0.05) is 5.02 Å². The number of anilines is 2. The van der Waals surface area contributed by atoms with Crippen LogP contribution in [0.3, 0.4) is 0 Å². The minimum Gasteiger partial charge on any atom is -0.495 e. The van der Waals surface area contributed by atoms with Gasteiger partial charge in [0.2, 0.25) is 0 Å². The smallest absolute Gasteiger partial charge is 0.338 e. The van der Waals surface area contributed by atoms with E-state index in [1.165, 1.54) is 32.4 Å². The second-order valence-electron chi connectivity index (χ2n) is 4.93. The first-order valence-corrected chi connectivity index (χ1v) is 7.56. The van der Waals surface area contributed by atoms with Crippen molar-refractivity contribution in [3.63, 3.8) is 0 Å². The van der Waals surface area contributed by atoms with Crippen molar-refractivity contribution in [3.8, 4) is 11.5 Å². The summed E-state index contributed by atoms with van der Waals surface area (Å²) >= 11 is 5.89. The molecule has 132 valence electrons. The third-order valence-corrected chi connectivity index (χ3v) is 3.47. The fraction of sp³-hybridized carbons (Fsp3) is 0.176. The van der Waals surface area contributed by atoms with Crippen LogP contribution in [-0.2, 0) is 9.53 Å². The van der Waals surface area contributed by atoms with Crippen LogP contribution >= 0.6 is 11.6 Å². The summed E-state index contributed by atoms with van der Waals surface area (Å²) in [5.41, 5.74) is 6.63. The van der Waals surface area contributed by atoms with E-state index >= 15 is 0 Å². The lowest BCUT2D eigenvalue weighted by atomic mass is 10.2. The average molecular weight is 365 g/mol. The molecule has 25 heavy (non-hydrogen) atoms. The third-order valence-electron chi connectivity index (χ3n) is 3.24. The molecule has 1 amide bonds. The molecular weight excluding hydrogens is 348 g/mol. The van der Waals surface area contributed by atoms with Gasteiger partial charge >= 0.3 is 5.97 Å². The molecule has 2 aromatic rings. The van der Waals surface area contributed by atoms with Gasteiger partial charge < -0.3 is 25.3 Å². The highest BCUT2D eigenvalue weighted by molar-refractivity contribution is 6.31. The van der Waals surface area contributed by atoms with Crippen LogP contribution in [0.25, 0.3) is 0 Å². The van der Waals surface area contributed by atoms with Gasteiger partial charge in [-0.2, -0.15) is 0 Å². The number of benzene rings is 2. The van der Waals surface area contributed by atoms with Crippen molar-refractivity contribution in [2.45, 2.75) is 0 Å². The summed E-state index contributed by atoms with van der Waals surface area (Å²) in [5.74, 6) is -0.327. The minimum atomic E-state index is -0.678. The summed E-state index contributed by atoms with van der Waals surface area (Å²) in [6.45, 7) is -0.472. The van der Waals surface area contributed by atoms with E-state index in [1.54, 1.807) is 18.2 Å². The van der Waals surface area contributed by atoms with Crippen molar-refractivity contribution in [3.05, 3.63) is 47.0 Å². The van der Waals surface area contributed by atoms with E-state index < -0.39 is 18.5 Å². The molecule has 0 unspecified atom stereocenters. The highest BCUT2D eigenvalue weighted by Gasteiger charge is 2.14. The van der Waals surface area contributed by atoms with Crippen LogP contribution in [0.2, 0.25) is 5.02 Å². The van der Waals surface area contributed by atoms with Crippen LogP contribution in [0.15, 0.2) is 36.4 Å². The Morgan fingerprint density at radius 3 is 2.40 bits per heavy atom. The fourth-order valence-electron chi connectivity index (χ4n) is 2.04. The van der Waals surface area contributed by atoms with E-state index in [-0.39, 0.29) is 5.56 Å². The number of halogens is 1. The Morgan fingerprint density at radius 1 is 1.08 bits per heavy atom. The SMILES string of the molecule is COc1ccc(C(=O)OCC(=O)Nc2cc(Cl)ccc2OC)cc1N. The van der Waals surface area contributed by atoms with Gasteiger partial charge in [-0.05, 0) is 36.4 Å². The Labute approximate surface area is 149 Å². The molecule has 8 heteroatoms. The molecule has 0 aromatic heterocycles. The monoisotopic (exact) mass is 364 g/mol. The summed E-state index contributed by atoms with van der Waals surface area (Å²) in [6, 6.07) is 9.23. The van der Waals surface area contributed by atoms with E-state index in [0.29, 0.717) is 27.9 Å². The number of ether oxygens (including phenoxy) is 3. The first-order valence-electron chi connectivity index (χ1n) is 7.18. The van der Waals surface area contributed by atoms with Gasteiger partial charge in [-0.15, -0.1) is 0 Å². The maximum atomic E-state index is 12.0. The Balaban J connectivity index is 1.97. The van der Waals surface area contributed by atoms with Gasteiger partial charge in [0.15, 0.2) is 6.61 Å². The number of rotatable bonds is 6. The Morgan fingerprint density at radius 2 is 1.76 bits per heavy atom. The van der Waals surface area contributed by atoms with Gasteiger partial charge in [-0.3, -0.25) is 4.79 Å². The zero-order valence-corrected chi connectivity index (χ0v) is 14.4. The van der Waals surface area contributed by atoms with Crippen molar-refractivity contribution < 1.29 is 23.8 Å². The average Bonchev–Trinajstić information content (AvgIpc) is 2.59. The molecule has 0 atom stereocenters. The Hall–Kier alpha value is -2.93. The summed E-state index contributed by atoms with van der Waals surface area (Å²) in [4.78, 5) is 23.9.